The van der Waals surface area contributed by atoms with Crippen LogP contribution in [-0.4, -0.2) is 18.7 Å². The van der Waals surface area contributed by atoms with E-state index >= 15 is 0 Å². The molecule has 0 bridgehead atoms. The molecule has 0 unspecified atom stereocenters. The zero-order valence-corrected chi connectivity index (χ0v) is 4.96. The Morgan fingerprint density at radius 3 is 2.20 bits per heavy atom. The summed E-state index contributed by atoms with van der Waals surface area (Å²) < 4.78 is 4.07. The van der Waals surface area contributed by atoms with Gasteiger partial charge in [0.2, 0.25) is 0 Å². The van der Waals surface area contributed by atoms with Crippen LogP contribution in [0.5, 0.6) is 0 Å². The molecule has 0 saturated carbocycles. The van der Waals surface area contributed by atoms with Crippen molar-refractivity contribution in [1.29, 1.82) is 0 Å². The number of nitrogens with two attached hydrogens (primary N) is 1. The van der Waals surface area contributed by atoms with E-state index in [0.717, 1.165) is 0 Å². The number of hydrogen-bond acceptors (Lipinski definition) is 5. The summed E-state index contributed by atoms with van der Waals surface area (Å²) in [5, 5.41) is 0. The normalized spacial score (nSPS) is 17.6. The fourth-order valence-electron chi connectivity index (χ4n) is 0.544. The number of aliphatic imine (C=N–C) groups is 1. The fourth-order valence-corrected chi connectivity index (χ4v) is 0.544. The lowest BCUT2D eigenvalue weighted by Crippen LogP contribution is -2.07. The van der Waals surface area contributed by atoms with Gasteiger partial charge < -0.3 is 10.5 Å². The predicted molar refractivity (Wildman–Crippen MR) is 31.9 cm³/mol. The molecule has 0 saturated heterocycles. The van der Waals surface area contributed by atoms with E-state index in [1.165, 1.54) is 0 Å². The van der Waals surface area contributed by atoms with Crippen molar-refractivity contribution >= 4 is 18.7 Å². The lowest BCUT2D eigenvalue weighted by Gasteiger charge is -1.83. The molecular weight excluding hydrogens is 136 g/mol. The molecule has 52 valence electrons. The average Bonchev–Trinajstić information content (AvgIpc) is 2.09. The number of carbonyl (C=O) groups excluding carboxylic acids is 2. The van der Waals surface area contributed by atoms with E-state index in [2.05, 4.69) is 16.4 Å². The molecular formula is C5H4N2O3. The van der Waals surface area contributed by atoms with Crippen LogP contribution >= 0.6 is 0 Å². The van der Waals surface area contributed by atoms with E-state index in [0.29, 0.717) is 0 Å². The average molecular weight is 140 g/mol. The Bertz CT molecular complexity index is 254. The number of esters is 2. The molecule has 0 fully saturated rings. The zero-order chi connectivity index (χ0) is 7.72. The van der Waals surface area contributed by atoms with Gasteiger partial charge >= 0.3 is 11.9 Å². The minimum absolute atomic E-state index is 0.204. The topological polar surface area (TPSA) is 81.8 Å². The van der Waals surface area contributed by atoms with Crippen molar-refractivity contribution in [1.82, 2.24) is 0 Å². The van der Waals surface area contributed by atoms with Gasteiger partial charge in [0.25, 0.3) is 0 Å². The summed E-state index contributed by atoms with van der Waals surface area (Å²) in [4.78, 5) is 24.2. The zero-order valence-electron chi connectivity index (χ0n) is 4.96. The van der Waals surface area contributed by atoms with Crippen LogP contribution in [0.3, 0.4) is 0 Å². The van der Waals surface area contributed by atoms with Gasteiger partial charge in [-0.15, -0.1) is 0 Å². The molecule has 0 aromatic heterocycles. The van der Waals surface area contributed by atoms with E-state index in [4.69, 9.17) is 5.73 Å². The minimum atomic E-state index is -0.854. The Kier molecular flexibility index (Phi) is 1.26. The quantitative estimate of drug-likeness (QED) is 0.286. The molecule has 0 aliphatic carbocycles. The first-order valence-corrected chi connectivity index (χ1v) is 2.40. The molecule has 2 N–H and O–H groups in total. The SMILES string of the molecule is C=NC1=C(N)C(=O)OC1=O. The molecule has 0 aromatic carbocycles. The molecule has 5 heteroatoms. The fraction of sp³-hybridized carbons (Fsp3) is 0. The summed E-state index contributed by atoms with van der Waals surface area (Å²) in [5.41, 5.74) is 4.59. The molecule has 10 heavy (non-hydrogen) atoms. The van der Waals surface area contributed by atoms with Crippen LogP contribution in [0.15, 0.2) is 16.4 Å². The maximum absolute atomic E-state index is 10.5. The van der Waals surface area contributed by atoms with Crippen molar-refractivity contribution in [3.63, 3.8) is 0 Å². The third kappa shape index (κ3) is 0.680. The predicted octanol–water partition coefficient (Wildman–Crippen LogP) is -1.06. The Hall–Kier alpha value is -1.65. The van der Waals surface area contributed by atoms with Gasteiger partial charge in [-0.25, -0.2) is 9.59 Å². The summed E-state index contributed by atoms with van der Waals surface area (Å²) in [7, 11) is 0. The molecule has 0 aromatic rings. The molecule has 1 aliphatic rings. The van der Waals surface area contributed by atoms with E-state index in [1.807, 2.05) is 0 Å². The van der Waals surface area contributed by atoms with Gasteiger partial charge in [0.15, 0.2) is 11.4 Å². The molecule has 0 amide bonds. The summed E-state index contributed by atoms with van der Waals surface area (Å²) in [5.74, 6) is -1.69. The molecule has 5 nitrogen and oxygen atoms in total. The van der Waals surface area contributed by atoms with Crippen LogP contribution in [0.4, 0.5) is 0 Å². The van der Waals surface area contributed by atoms with Crippen LogP contribution in [0.2, 0.25) is 0 Å². The number of cyclic esters (lactones) is 2. The van der Waals surface area contributed by atoms with Gasteiger partial charge in [-0.3, -0.25) is 4.99 Å². The second-order valence-electron chi connectivity index (χ2n) is 1.60. The molecule has 0 spiro atoms. The van der Waals surface area contributed by atoms with E-state index in [1.54, 1.807) is 0 Å². The first kappa shape index (κ1) is 6.47. The van der Waals surface area contributed by atoms with E-state index < -0.39 is 11.9 Å². The molecule has 1 heterocycles. The molecule has 1 rings (SSSR count). The van der Waals surface area contributed by atoms with Crippen LogP contribution in [-0.2, 0) is 14.3 Å². The van der Waals surface area contributed by atoms with Gasteiger partial charge in [0.05, 0.1) is 0 Å². The highest BCUT2D eigenvalue weighted by Gasteiger charge is 2.30. The van der Waals surface area contributed by atoms with Gasteiger partial charge in [0, 0.05) is 0 Å². The van der Waals surface area contributed by atoms with E-state index in [9.17, 15) is 9.59 Å². The highest BCUT2D eigenvalue weighted by atomic mass is 16.6. The second kappa shape index (κ2) is 1.94. The maximum atomic E-state index is 10.5. The van der Waals surface area contributed by atoms with Gasteiger partial charge in [-0.05, 0) is 6.72 Å². The van der Waals surface area contributed by atoms with Gasteiger partial charge in [-0.2, -0.15) is 0 Å². The lowest BCUT2D eigenvalue weighted by molar-refractivity contribution is -0.151. The molecule has 0 radical (unpaired) electrons. The first-order valence-electron chi connectivity index (χ1n) is 2.40. The Balaban J connectivity index is 3.13. The largest absolute Gasteiger partial charge is 0.391 e. The Labute approximate surface area is 56.2 Å². The third-order valence-corrected chi connectivity index (χ3v) is 1.01. The second-order valence-corrected chi connectivity index (χ2v) is 1.60. The molecule has 0 atom stereocenters. The summed E-state index contributed by atoms with van der Waals surface area (Å²) in [6, 6.07) is 0. The lowest BCUT2D eigenvalue weighted by atomic mass is 10.4. The van der Waals surface area contributed by atoms with Crippen molar-refractivity contribution in [3.8, 4) is 0 Å². The highest BCUT2D eigenvalue weighted by molar-refractivity contribution is 6.11. The summed E-state index contributed by atoms with van der Waals surface area (Å²) in [6.45, 7) is 3.04. The van der Waals surface area contributed by atoms with Crippen molar-refractivity contribution < 1.29 is 14.3 Å². The number of hydrogen-bond donors (Lipinski definition) is 1. The number of ether oxygens (including phenoxy) is 1. The number of rotatable bonds is 1. The maximum Gasteiger partial charge on any atom is 0.367 e. The molecule has 1 aliphatic heterocycles. The van der Waals surface area contributed by atoms with Crippen LogP contribution in [0, 0.1) is 0 Å². The van der Waals surface area contributed by atoms with Gasteiger partial charge in [-0.1, -0.05) is 0 Å². The number of carbonyl (C=O) groups is 2. The van der Waals surface area contributed by atoms with Crippen molar-refractivity contribution in [3.05, 3.63) is 11.4 Å². The van der Waals surface area contributed by atoms with Crippen molar-refractivity contribution in [2.75, 3.05) is 0 Å². The van der Waals surface area contributed by atoms with Gasteiger partial charge in [0.1, 0.15) is 0 Å². The minimum Gasteiger partial charge on any atom is -0.391 e. The van der Waals surface area contributed by atoms with Crippen LogP contribution in [0.25, 0.3) is 0 Å². The monoisotopic (exact) mass is 140 g/mol. The Morgan fingerprint density at radius 1 is 1.40 bits per heavy atom. The first-order chi connectivity index (χ1) is 4.66. The highest BCUT2D eigenvalue weighted by Crippen LogP contribution is 2.12. The van der Waals surface area contributed by atoms with Crippen LogP contribution in [0.1, 0.15) is 0 Å². The number of nitrogens with zero attached hydrogens (tertiary/aromatic N) is 1. The summed E-state index contributed by atoms with van der Waals surface area (Å²) >= 11 is 0. The van der Waals surface area contributed by atoms with Crippen molar-refractivity contribution in [2.45, 2.75) is 0 Å². The van der Waals surface area contributed by atoms with E-state index in [-0.39, 0.29) is 11.4 Å². The Morgan fingerprint density at radius 2 is 2.00 bits per heavy atom. The standard InChI is InChI=1S/C5H4N2O3/c1-7-3-2(6)4(8)10-5(3)9/h1,6H2. The summed E-state index contributed by atoms with van der Waals surface area (Å²) in [6.07, 6.45) is 0. The van der Waals surface area contributed by atoms with Crippen molar-refractivity contribution in [2.24, 2.45) is 10.7 Å². The third-order valence-electron chi connectivity index (χ3n) is 1.01. The smallest absolute Gasteiger partial charge is 0.367 e. The van der Waals surface area contributed by atoms with Crippen LogP contribution < -0.4 is 5.73 Å².